The molecule has 0 aromatic rings. The van der Waals surface area contributed by atoms with Gasteiger partial charge in [-0.25, -0.2) is 0 Å². The van der Waals surface area contributed by atoms with Gasteiger partial charge >= 0.3 is 0 Å². The van der Waals surface area contributed by atoms with E-state index in [1.807, 2.05) is 6.92 Å². The molecular formula is C10H22N2O. The molecule has 78 valence electrons. The molecule has 3 heteroatoms. The molecule has 1 unspecified atom stereocenters. The monoisotopic (exact) mass is 186 g/mol. The SMILES string of the molecule is CC(C)CCCNC(C)CC(N)=O. The van der Waals surface area contributed by atoms with Crippen molar-refractivity contribution in [2.24, 2.45) is 11.7 Å². The fourth-order valence-corrected chi connectivity index (χ4v) is 1.23. The van der Waals surface area contributed by atoms with Gasteiger partial charge in [0.2, 0.25) is 5.91 Å². The van der Waals surface area contributed by atoms with Crippen molar-refractivity contribution in [3.05, 3.63) is 0 Å². The van der Waals surface area contributed by atoms with Crippen molar-refractivity contribution in [2.45, 2.75) is 46.1 Å². The lowest BCUT2D eigenvalue weighted by Crippen LogP contribution is -2.31. The molecule has 0 fully saturated rings. The van der Waals surface area contributed by atoms with Crippen LogP contribution in [0.25, 0.3) is 0 Å². The highest BCUT2D eigenvalue weighted by atomic mass is 16.1. The highest BCUT2D eigenvalue weighted by Gasteiger charge is 2.04. The molecule has 0 bridgehead atoms. The lowest BCUT2D eigenvalue weighted by Gasteiger charge is -2.12. The first-order valence-electron chi connectivity index (χ1n) is 5.04. The highest BCUT2D eigenvalue weighted by Crippen LogP contribution is 2.02. The van der Waals surface area contributed by atoms with Gasteiger partial charge in [0.25, 0.3) is 0 Å². The Kier molecular flexibility index (Phi) is 6.59. The average molecular weight is 186 g/mol. The van der Waals surface area contributed by atoms with Gasteiger partial charge in [0, 0.05) is 12.5 Å². The smallest absolute Gasteiger partial charge is 0.218 e. The topological polar surface area (TPSA) is 55.1 Å². The number of hydrogen-bond donors (Lipinski definition) is 2. The molecule has 0 saturated carbocycles. The van der Waals surface area contributed by atoms with Crippen molar-refractivity contribution < 1.29 is 4.79 Å². The maximum atomic E-state index is 10.5. The summed E-state index contributed by atoms with van der Waals surface area (Å²) in [5, 5.41) is 3.27. The Hall–Kier alpha value is -0.570. The summed E-state index contributed by atoms with van der Waals surface area (Å²) in [4.78, 5) is 10.5. The largest absolute Gasteiger partial charge is 0.370 e. The van der Waals surface area contributed by atoms with Crippen LogP contribution in [0.1, 0.15) is 40.0 Å². The first-order valence-corrected chi connectivity index (χ1v) is 5.04. The molecule has 0 rings (SSSR count). The molecule has 0 saturated heterocycles. The van der Waals surface area contributed by atoms with Crippen molar-refractivity contribution in [3.8, 4) is 0 Å². The summed E-state index contributed by atoms with van der Waals surface area (Å²) in [6.45, 7) is 7.40. The van der Waals surface area contributed by atoms with Crippen molar-refractivity contribution in [1.82, 2.24) is 5.32 Å². The molecule has 13 heavy (non-hydrogen) atoms. The van der Waals surface area contributed by atoms with Gasteiger partial charge in [-0.2, -0.15) is 0 Å². The molecule has 0 aliphatic rings. The van der Waals surface area contributed by atoms with Gasteiger partial charge in [-0.15, -0.1) is 0 Å². The Bertz CT molecular complexity index is 146. The van der Waals surface area contributed by atoms with E-state index in [4.69, 9.17) is 5.73 Å². The van der Waals surface area contributed by atoms with Crippen LogP contribution in [-0.2, 0) is 4.79 Å². The van der Waals surface area contributed by atoms with Gasteiger partial charge in [0.05, 0.1) is 0 Å². The van der Waals surface area contributed by atoms with E-state index in [9.17, 15) is 4.79 Å². The fourth-order valence-electron chi connectivity index (χ4n) is 1.23. The summed E-state index contributed by atoms with van der Waals surface area (Å²) in [7, 11) is 0. The van der Waals surface area contributed by atoms with E-state index in [2.05, 4.69) is 19.2 Å². The Morgan fingerprint density at radius 2 is 2.00 bits per heavy atom. The Morgan fingerprint density at radius 1 is 1.38 bits per heavy atom. The van der Waals surface area contributed by atoms with Crippen molar-refractivity contribution >= 4 is 5.91 Å². The standard InChI is InChI=1S/C10H22N2O/c1-8(2)5-4-6-12-9(3)7-10(11)13/h8-9,12H,4-7H2,1-3H3,(H2,11,13). The lowest BCUT2D eigenvalue weighted by molar-refractivity contribution is -0.118. The Balaban J connectivity index is 3.26. The van der Waals surface area contributed by atoms with E-state index in [0.29, 0.717) is 6.42 Å². The average Bonchev–Trinajstić information content (AvgIpc) is 1.96. The molecule has 0 aromatic carbocycles. The molecule has 0 aliphatic carbocycles. The molecule has 0 heterocycles. The molecule has 0 radical (unpaired) electrons. The van der Waals surface area contributed by atoms with E-state index in [1.165, 1.54) is 12.8 Å². The Labute approximate surface area is 81.1 Å². The lowest BCUT2D eigenvalue weighted by atomic mass is 10.1. The molecule has 0 aromatic heterocycles. The maximum Gasteiger partial charge on any atom is 0.218 e. The van der Waals surface area contributed by atoms with Crippen LogP contribution in [-0.4, -0.2) is 18.5 Å². The molecule has 3 N–H and O–H groups in total. The van der Waals surface area contributed by atoms with Gasteiger partial charge in [-0.05, 0) is 32.2 Å². The Morgan fingerprint density at radius 3 is 2.46 bits per heavy atom. The number of nitrogens with two attached hydrogens (primary N) is 1. The zero-order chi connectivity index (χ0) is 10.3. The first-order chi connectivity index (χ1) is 6.02. The second-order valence-corrected chi connectivity index (χ2v) is 4.06. The number of carbonyl (C=O) groups excluding carboxylic acids is 1. The van der Waals surface area contributed by atoms with Crippen LogP contribution in [0.3, 0.4) is 0 Å². The van der Waals surface area contributed by atoms with Crippen molar-refractivity contribution in [3.63, 3.8) is 0 Å². The first kappa shape index (κ1) is 12.4. The summed E-state index contributed by atoms with van der Waals surface area (Å²) in [6.07, 6.45) is 2.83. The normalized spacial score (nSPS) is 13.2. The number of primary amides is 1. The zero-order valence-corrected chi connectivity index (χ0v) is 8.97. The van der Waals surface area contributed by atoms with Crippen LogP contribution >= 0.6 is 0 Å². The van der Waals surface area contributed by atoms with E-state index >= 15 is 0 Å². The third-order valence-electron chi connectivity index (χ3n) is 1.96. The van der Waals surface area contributed by atoms with Crippen LogP contribution in [0.15, 0.2) is 0 Å². The van der Waals surface area contributed by atoms with Crippen LogP contribution < -0.4 is 11.1 Å². The number of rotatable bonds is 7. The van der Waals surface area contributed by atoms with E-state index in [0.717, 1.165) is 12.5 Å². The number of carbonyl (C=O) groups is 1. The summed E-state index contributed by atoms with van der Waals surface area (Å²) in [5.41, 5.74) is 5.07. The molecule has 1 atom stereocenters. The molecule has 3 nitrogen and oxygen atoms in total. The zero-order valence-electron chi connectivity index (χ0n) is 8.97. The predicted octanol–water partition coefficient (Wildman–Crippen LogP) is 1.28. The third kappa shape index (κ3) is 9.34. The second kappa shape index (κ2) is 6.89. The van der Waals surface area contributed by atoms with Crippen molar-refractivity contribution in [1.29, 1.82) is 0 Å². The summed E-state index contributed by atoms with van der Waals surface area (Å²) >= 11 is 0. The number of hydrogen-bond acceptors (Lipinski definition) is 2. The molecular weight excluding hydrogens is 164 g/mol. The highest BCUT2D eigenvalue weighted by molar-refractivity contribution is 5.74. The van der Waals surface area contributed by atoms with Gasteiger partial charge in [0.15, 0.2) is 0 Å². The molecule has 0 aliphatic heterocycles. The van der Waals surface area contributed by atoms with E-state index in [1.54, 1.807) is 0 Å². The van der Waals surface area contributed by atoms with Crippen LogP contribution in [0.2, 0.25) is 0 Å². The third-order valence-corrected chi connectivity index (χ3v) is 1.96. The van der Waals surface area contributed by atoms with E-state index < -0.39 is 0 Å². The minimum absolute atomic E-state index is 0.213. The van der Waals surface area contributed by atoms with Gasteiger partial charge in [-0.1, -0.05) is 13.8 Å². The summed E-state index contributed by atoms with van der Waals surface area (Å²) < 4.78 is 0. The van der Waals surface area contributed by atoms with Crippen molar-refractivity contribution in [2.75, 3.05) is 6.54 Å². The van der Waals surface area contributed by atoms with Gasteiger partial charge in [0.1, 0.15) is 0 Å². The quantitative estimate of drug-likeness (QED) is 0.588. The minimum atomic E-state index is -0.233. The predicted molar refractivity (Wildman–Crippen MR) is 55.3 cm³/mol. The molecule has 0 spiro atoms. The number of nitrogens with one attached hydrogen (secondary N) is 1. The fraction of sp³-hybridized carbons (Fsp3) is 0.900. The van der Waals surface area contributed by atoms with E-state index in [-0.39, 0.29) is 11.9 Å². The van der Waals surface area contributed by atoms with Gasteiger partial charge < -0.3 is 11.1 Å². The second-order valence-electron chi connectivity index (χ2n) is 4.06. The van der Waals surface area contributed by atoms with Crippen LogP contribution in [0.4, 0.5) is 0 Å². The minimum Gasteiger partial charge on any atom is -0.370 e. The summed E-state index contributed by atoms with van der Waals surface area (Å²) in [5.74, 6) is 0.525. The van der Waals surface area contributed by atoms with Crippen LogP contribution in [0.5, 0.6) is 0 Å². The summed E-state index contributed by atoms with van der Waals surface area (Å²) in [6, 6.07) is 0.213. The number of amides is 1. The van der Waals surface area contributed by atoms with Gasteiger partial charge in [-0.3, -0.25) is 4.79 Å². The molecule has 1 amide bonds. The maximum absolute atomic E-state index is 10.5. The van der Waals surface area contributed by atoms with Crippen LogP contribution in [0, 0.1) is 5.92 Å².